The zero-order valence-electron chi connectivity index (χ0n) is 26.7. The van der Waals surface area contributed by atoms with E-state index in [0.717, 1.165) is 44.9 Å². The van der Waals surface area contributed by atoms with Crippen molar-refractivity contribution in [3.05, 3.63) is 30.0 Å². The van der Waals surface area contributed by atoms with E-state index >= 15 is 0 Å². The van der Waals surface area contributed by atoms with Gasteiger partial charge in [-0.15, -0.1) is 0 Å². The molecule has 11 heteroatoms. The molecule has 2 saturated carbocycles. The summed E-state index contributed by atoms with van der Waals surface area (Å²) in [7, 11) is 3.29. The standard InChI is InChI=1S/C34H48FN3O7/c1-20(42-2)19-44-34(41)30-17-24-16-25(10-13-29(24)45-30)37-32(39)31-27(21-8-11-26(43-3)12-9-21)14-15-38(31)33(40)23-6-4-22(5-7-23)28(36)18-35/h10,13,16-17,20-23,26-28,31H,4-9,11-12,14-15,18-19,36H2,1-3H3,(H,37,39)/t20-,21?,22-,23-,26?,27+,28+,31+/m0/s1. The number of ether oxygens (including phenoxy) is 3. The van der Waals surface area contributed by atoms with Gasteiger partial charge in [0.15, 0.2) is 0 Å². The second-order valence-corrected chi connectivity index (χ2v) is 13.1. The molecule has 2 aliphatic carbocycles. The second-order valence-electron chi connectivity index (χ2n) is 13.1. The molecule has 3 aliphatic rings. The third kappa shape index (κ3) is 7.69. The van der Waals surface area contributed by atoms with Crippen molar-refractivity contribution in [2.45, 2.75) is 89.0 Å². The van der Waals surface area contributed by atoms with Crippen LogP contribution in [0.1, 0.15) is 75.3 Å². The summed E-state index contributed by atoms with van der Waals surface area (Å²) in [5, 5.41) is 3.73. The SMILES string of the molecule is COC1CCC([C@H]2CCN(C(=O)[C@H]3CC[C@H]([C@H](N)CF)CC3)[C@H]2C(=O)Nc2ccc3oc(C(=O)OC[C@H](C)OC)cc3c2)CC1. The molecule has 1 saturated heterocycles. The average molecular weight is 630 g/mol. The van der Waals surface area contributed by atoms with E-state index in [0.29, 0.717) is 42.0 Å². The Labute approximate surface area is 264 Å². The first-order chi connectivity index (χ1) is 21.7. The van der Waals surface area contributed by atoms with Crippen molar-refractivity contribution in [1.82, 2.24) is 4.90 Å². The largest absolute Gasteiger partial charge is 0.457 e. The highest BCUT2D eigenvalue weighted by Gasteiger charge is 2.47. The van der Waals surface area contributed by atoms with Gasteiger partial charge in [0, 0.05) is 43.8 Å². The summed E-state index contributed by atoms with van der Waals surface area (Å²) in [6.07, 6.45) is 7.38. The lowest BCUT2D eigenvalue weighted by molar-refractivity contribution is -0.142. The molecule has 5 rings (SSSR count). The molecular formula is C34H48FN3O7. The highest BCUT2D eigenvalue weighted by molar-refractivity contribution is 6.00. The first-order valence-corrected chi connectivity index (χ1v) is 16.4. The number of halogens is 1. The van der Waals surface area contributed by atoms with Crippen LogP contribution < -0.4 is 11.1 Å². The number of hydrogen-bond donors (Lipinski definition) is 2. The van der Waals surface area contributed by atoms with E-state index in [-0.39, 0.29) is 54.1 Å². The van der Waals surface area contributed by atoms with E-state index in [1.165, 1.54) is 0 Å². The number of anilines is 1. The van der Waals surface area contributed by atoms with Crippen LogP contribution in [0.4, 0.5) is 10.1 Å². The van der Waals surface area contributed by atoms with E-state index in [1.54, 1.807) is 45.4 Å². The molecule has 2 amide bonds. The quantitative estimate of drug-likeness (QED) is 0.329. The Balaban J connectivity index is 1.31. The van der Waals surface area contributed by atoms with Crippen LogP contribution in [0.5, 0.6) is 0 Å². The van der Waals surface area contributed by atoms with Gasteiger partial charge in [0.2, 0.25) is 17.6 Å². The molecule has 248 valence electrons. The molecule has 0 bridgehead atoms. The average Bonchev–Trinajstić information content (AvgIpc) is 3.71. The van der Waals surface area contributed by atoms with Crippen LogP contribution in [0.15, 0.2) is 28.7 Å². The lowest BCUT2D eigenvalue weighted by atomic mass is 9.75. The van der Waals surface area contributed by atoms with E-state index in [9.17, 15) is 18.8 Å². The Morgan fingerprint density at radius 1 is 1.04 bits per heavy atom. The van der Waals surface area contributed by atoms with Gasteiger partial charge in [0.1, 0.15) is 24.9 Å². The molecule has 1 aliphatic heterocycles. The molecule has 0 unspecified atom stereocenters. The Morgan fingerprint density at radius 3 is 2.44 bits per heavy atom. The number of esters is 1. The zero-order chi connectivity index (χ0) is 32.1. The molecule has 3 N–H and O–H groups in total. The predicted molar refractivity (Wildman–Crippen MR) is 167 cm³/mol. The van der Waals surface area contributed by atoms with Gasteiger partial charge < -0.3 is 34.6 Å². The van der Waals surface area contributed by atoms with Gasteiger partial charge in [-0.1, -0.05) is 0 Å². The topological polar surface area (TPSA) is 133 Å². The van der Waals surface area contributed by atoms with Gasteiger partial charge in [0.05, 0.1) is 12.2 Å². The first kappa shape index (κ1) is 33.3. The molecule has 2 heterocycles. The van der Waals surface area contributed by atoms with Crippen LogP contribution in [0.25, 0.3) is 11.0 Å². The van der Waals surface area contributed by atoms with Crippen LogP contribution in [-0.2, 0) is 23.8 Å². The van der Waals surface area contributed by atoms with E-state index in [1.807, 2.05) is 4.90 Å². The minimum atomic E-state index is -0.590. The minimum Gasteiger partial charge on any atom is -0.457 e. The van der Waals surface area contributed by atoms with Gasteiger partial charge in [-0.3, -0.25) is 9.59 Å². The summed E-state index contributed by atoms with van der Waals surface area (Å²) in [6.45, 7) is 1.90. The number of carbonyl (C=O) groups excluding carboxylic acids is 3. The summed E-state index contributed by atoms with van der Waals surface area (Å²) in [6, 6.07) is 5.74. The number of furan rings is 1. The van der Waals surface area contributed by atoms with Crippen molar-refractivity contribution in [3.8, 4) is 0 Å². The Kier molecular flexibility index (Phi) is 11.1. The molecule has 4 atom stereocenters. The maximum Gasteiger partial charge on any atom is 0.374 e. The molecule has 10 nitrogen and oxygen atoms in total. The fraction of sp³-hybridized carbons (Fsp3) is 0.676. The number of hydrogen-bond acceptors (Lipinski definition) is 8. The Morgan fingerprint density at radius 2 is 1.78 bits per heavy atom. The highest BCUT2D eigenvalue weighted by Crippen LogP contribution is 2.42. The monoisotopic (exact) mass is 629 g/mol. The predicted octanol–water partition coefficient (Wildman–Crippen LogP) is 5.09. The molecule has 1 aromatic carbocycles. The molecule has 3 fully saturated rings. The second kappa shape index (κ2) is 15.0. The number of amides is 2. The molecule has 2 aromatic rings. The zero-order valence-corrected chi connectivity index (χ0v) is 26.7. The number of alkyl halides is 1. The van der Waals surface area contributed by atoms with Crippen molar-refractivity contribution in [3.63, 3.8) is 0 Å². The molecule has 1 aromatic heterocycles. The summed E-state index contributed by atoms with van der Waals surface area (Å²) in [5.74, 6) is -0.416. The number of nitrogens with one attached hydrogen (secondary N) is 1. The fourth-order valence-corrected chi connectivity index (χ4v) is 7.57. The van der Waals surface area contributed by atoms with Gasteiger partial charge >= 0.3 is 5.97 Å². The number of fused-ring (bicyclic) bond motifs is 1. The number of likely N-dealkylation sites (tertiary alicyclic amines) is 1. The van der Waals surface area contributed by atoms with Gasteiger partial charge in [-0.05, 0) is 107 Å². The maximum absolute atomic E-state index is 14.1. The summed E-state index contributed by atoms with van der Waals surface area (Å²) < 4.78 is 34.8. The lowest BCUT2D eigenvalue weighted by Crippen LogP contribution is -2.50. The number of nitrogens with zero attached hydrogens (tertiary/aromatic N) is 1. The number of methoxy groups -OCH3 is 2. The van der Waals surface area contributed by atoms with Gasteiger partial charge in [0.25, 0.3) is 0 Å². The summed E-state index contributed by atoms with van der Waals surface area (Å²) in [5.41, 5.74) is 7.01. The molecule has 45 heavy (non-hydrogen) atoms. The van der Waals surface area contributed by atoms with Gasteiger partial charge in [-0.2, -0.15) is 0 Å². The van der Waals surface area contributed by atoms with Crippen LogP contribution in [-0.4, -0.2) is 81.0 Å². The molecule has 0 spiro atoms. The number of rotatable bonds is 11. The summed E-state index contributed by atoms with van der Waals surface area (Å²) in [4.78, 5) is 42.3. The summed E-state index contributed by atoms with van der Waals surface area (Å²) >= 11 is 0. The Hall–Kier alpha value is -3.02. The van der Waals surface area contributed by atoms with Crippen molar-refractivity contribution >= 4 is 34.4 Å². The van der Waals surface area contributed by atoms with Gasteiger partial charge in [-0.25, -0.2) is 9.18 Å². The number of carbonyl (C=O) groups is 3. The van der Waals surface area contributed by atoms with Crippen LogP contribution in [0.2, 0.25) is 0 Å². The smallest absolute Gasteiger partial charge is 0.374 e. The third-order valence-electron chi connectivity index (χ3n) is 10.4. The van der Waals surface area contributed by atoms with Crippen LogP contribution in [0.3, 0.4) is 0 Å². The van der Waals surface area contributed by atoms with Crippen LogP contribution >= 0.6 is 0 Å². The molecular weight excluding hydrogens is 581 g/mol. The fourth-order valence-electron chi connectivity index (χ4n) is 7.57. The lowest BCUT2D eigenvalue weighted by Gasteiger charge is -2.37. The maximum atomic E-state index is 14.1. The Bertz CT molecular complexity index is 1320. The van der Waals surface area contributed by atoms with Crippen LogP contribution in [0, 0.1) is 23.7 Å². The van der Waals surface area contributed by atoms with Crippen molar-refractivity contribution in [2.24, 2.45) is 29.4 Å². The highest BCUT2D eigenvalue weighted by atomic mass is 19.1. The first-order valence-electron chi connectivity index (χ1n) is 16.4. The van der Waals surface area contributed by atoms with Crippen molar-refractivity contribution < 1.29 is 37.4 Å². The van der Waals surface area contributed by atoms with E-state index < -0.39 is 24.7 Å². The molecule has 0 radical (unpaired) electrons. The van der Waals surface area contributed by atoms with Crippen molar-refractivity contribution in [1.29, 1.82) is 0 Å². The number of nitrogens with two attached hydrogens (primary N) is 1. The normalized spacial score (nSPS) is 28.5. The van der Waals surface area contributed by atoms with Crippen molar-refractivity contribution in [2.75, 3.05) is 39.4 Å². The van der Waals surface area contributed by atoms with E-state index in [2.05, 4.69) is 5.32 Å². The third-order valence-corrected chi connectivity index (χ3v) is 10.4. The number of benzene rings is 1. The van der Waals surface area contributed by atoms with E-state index in [4.69, 9.17) is 24.4 Å². The minimum absolute atomic E-state index is 0.0201.